The van der Waals surface area contributed by atoms with Crippen molar-refractivity contribution in [2.75, 3.05) is 0 Å². The van der Waals surface area contributed by atoms with E-state index in [0.29, 0.717) is 0 Å². The molecule has 13 heavy (non-hydrogen) atoms. The van der Waals surface area contributed by atoms with Gasteiger partial charge in [-0.1, -0.05) is 5.57 Å². The van der Waals surface area contributed by atoms with Gasteiger partial charge < -0.3 is 4.79 Å². The van der Waals surface area contributed by atoms with E-state index in [1.807, 2.05) is 20.6 Å². The Kier molecular flexibility index (Phi) is 19.0. The first-order chi connectivity index (χ1) is 5.86. The number of allylic oxidation sites excluding steroid dienone is 2. The molecule has 0 amide bonds. The molecule has 0 aromatic rings. The highest BCUT2D eigenvalue weighted by Crippen LogP contribution is 1.86. The Bertz CT molecular complexity index is 179. The van der Waals surface area contributed by atoms with Crippen molar-refractivity contribution in [3.63, 3.8) is 0 Å². The van der Waals surface area contributed by atoms with Crippen molar-refractivity contribution in [3.8, 4) is 0 Å². The third kappa shape index (κ3) is 94.1. The standard InChI is InChI=1S/C6H10O.CH2O.H2O3S/c1-5(2)4-6(3)7;1-2;1-4(2)3/h4H,1-3H3;1H2;(H2,1,2,3). The minimum absolute atomic E-state index is 0.125. The van der Waals surface area contributed by atoms with E-state index in [1.54, 1.807) is 13.0 Å². The van der Waals surface area contributed by atoms with Crippen molar-refractivity contribution in [3.05, 3.63) is 11.6 Å². The van der Waals surface area contributed by atoms with Crippen LogP contribution in [0.25, 0.3) is 0 Å². The fourth-order valence-corrected chi connectivity index (χ4v) is 0.407. The van der Waals surface area contributed by atoms with Crippen LogP contribution in [0, 0.1) is 0 Å². The van der Waals surface area contributed by atoms with Crippen LogP contribution in [-0.2, 0) is 21.0 Å². The lowest BCUT2D eigenvalue weighted by atomic mass is 10.3. The largest absolute Gasteiger partial charge is 0.307 e. The van der Waals surface area contributed by atoms with Crippen LogP contribution in [0.2, 0.25) is 0 Å². The van der Waals surface area contributed by atoms with Gasteiger partial charge in [-0.15, -0.1) is 0 Å². The monoisotopic (exact) mass is 210 g/mol. The molecule has 0 saturated carbocycles. The zero-order valence-corrected chi connectivity index (χ0v) is 8.63. The Balaban J connectivity index is -0.000000142. The summed E-state index contributed by atoms with van der Waals surface area (Å²) >= 11 is -2.61. The van der Waals surface area contributed by atoms with Crippen molar-refractivity contribution in [2.24, 2.45) is 0 Å². The fourth-order valence-electron chi connectivity index (χ4n) is 0.407. The van der Waals surface area contributed by atoms with Gasteiger partial charge in [0.25, 0.3) is 11.4 Å². The summed E-state index contributed by atoms with van der Waals surface area (Å²) in [4.78, 5) is 18.2. The molecule has 0 spiro atoms. The second kappa shape index (κ2) is 13.7. The first-order valence-electron chi connectivity index (χ1n) is 3.10. The Morgan fingerprint density at radius 2 is 1.46 bits per heavy atom. The molecular weight excluding hydrogens is 196 g/mol. The summed E-state index contributed by atoms with van der Waals surface area (Å²) < 4.78 is 22.8. The van der Waals surface area contributed by atoms with Crippen molar-refractivity contribution >= 4 is 23.9 Å². The molecule has 78 valence electrons. The van der Waals surface area contributed by atoms with Crippen LogP contribution in [0.5, 0.6) is 0 Å². The highest BCUT2D eigenvalue weighted by atomic mass is 32.2. The lowest BCUT2D eigenvalue weighted by Crippen LogP contribution is -1.80. The number of rotatable bonds is 1. The number of carbonyl (C=O) groups excluding carboxylic acids is 2. The Morgan fingerprint density at radius 3 is 1.46 bits per heavy atom. The maximum atomic E-state index is 10.2. The van der Waals surface area contributed by atoms with E-state index in [2.05, 4.69) is 0 Å². The molecule has 6 heteroatoms. The normalized spacial score (nSPS) is 7.23. The second-order valence-corrected chi connectivity index (χ2v) is 2.52. The van der Waals surface area contributed by atoms with Crippen molar-refractivity contribution in [1.82, 2.24) is 0 Å². The zero-order valence-electron chi connectivity index (χ0n) is 7.81. The topological polar surface area (TPSA) is 91.7 Å². The maximum absolute atomic E-state index is 10.2. The summed E-state index contributed by atoms with van der Waals surface area (Å²) in [5.74, 6) is 0.125. The minimum atomic E-state index is -2.61. The summed E-state index contributed by atoms with van der Waals surface area (Å²) in [7, 11) is 0. The van der Waals surface area contributed by atoms with Gasteiger partial charge in [-0.25, -0.2) is 0 Å². The number of hydrogen-bond donors (Lipinski definition) is 2. The van der Waals surface area contributed by atoms with Crippen molar-refractivity contribution < 1.29 is 22.9 Å². The van der Waals surface area contributed by atoms with E-state index in [1.165, 1.54) is 0 Å². The molecule has 0 rings (SSSR count). The van der Waals surface area contributed by atoms with E-state index in [0.717, 1.165) is 5.57 Å². The predicted molar refractivity (Wildman–Crippen MR) is 50.6 cm³/mol. The van der Waals surface area contributed by atoms with Crippen LogP contribution in [0.4, 0.5) is 0 Å². The molecule has 0 radical (unpaired) electrons. The van der Waals surface area contributed by atoms with Gasteiger partial charge in [0, 0.05) is 0 Å². The highest BCUT2D eigenvalue weighted by Gasteiger charge is 1.80. The molecule has 0 atom stereocenters. The first-order valence-corrected chi connectivity index (χ1v) is 4.17. The predicted octanol–water partition coefficient (Wildman–Crippen LogP) is 1.04. The van der Waals surface area contributed by atoms with E-state index in [9.17, 15) is 4.79 Å². The van der Waals surface area contributed by atoms with E-state index in [4.69, 9.17) is 18.1 Å². The molecule has 5 nitrogen and oxygen atoms in total. The van der Waals surface area contributed by atoms with Crippen LogP contribution in [0.1, 0.15) is 20.8 Å². The average molecular weight is 210 g/mol. The van der Waals surface area contributed by atoms with Gasteiger partial charge >= 0.3 is 0 Å². The molecule has 0 unspecified atom stereocenters. The molecule has 0 aliphatic carbocycles. The van der Waals surface area contributed by atoms with Crippen molar-refractivity contribution in [1.29, 1.82) is 0 Å². The van der Waals surface area contributed by atoms with Gasteiger partial charge in [0.2, 0.25) is 0 Å². The van der Waals surface area contributed by atoms with Gasteiger partial charge in [-0.05, 0) is 26.8 Å². The molecule has 0 aromatic heterocycles. The van der Waals surface area contributed by atoms with Gasteiger partial charge in [-0.2, -0.15) is 4.21 Å². The molecule has 2 N–H and O–H groups in total. The summed E-state index contributed by atoms with van der Waals surface area (Å²) in [6.45, 7) is 7.36. The van der Waals surface area contributed by atoms with Gasteiger partial charge in [0.05, 0.1) is 0 Å². The second-order valence-electron chi connectivity index (χ2n) is 2.06. The molecule has 0 bridgehead atoms. The van der Waals surface area contributed by atoms with Crippen molar-refractivity contribution in [2.45, 2.75) is 20.8 Å². The van der Waals surface area contributed by atoms with Crippen LogP contribution in [0.15, 0.2) is 11.6 Å². The third-order valence-electron chi connectivity index (χ3n) is 0.492. The average Bonchev–Trinajstić information content (AvgIpc) is 1.87. The van der Waals surface area contributed by atoms with E-state index in [-0.39, 0.29) is 5.78 Å². The fraction of sp³-hybridized carbons (Fsp3) is 0.429. The van der Waals surface area contributed by atoms with E-state index < -0.39 is 11.4 Å². The molecule has 0 fully saturated rings. The lowest BCUT2D eigenvalue weighted by Gasteiger charge is -1.80. The SMILES string of the molecule is C=O.CC(=O)C=C(C)C.O=S(O)O. The molecule has 0 aromatic carbocycles. The summed E-state index contributed by atoms with van der Waals surface area (Å²) in [5, 5.41) is 0. The summed E-state index contributed by atoms with van der Waals surface area (Å²) in [6.07, 6.45) is 1.61. The van der Waals surface area contributed by atoms with Gasteiger partial charge in [-0.3, -0.25) is 13.9 Å². The molecular formula is C7H14O5S. The van der Waals surface area contributed by atoms with Gasteiger partial charge in [0.15, 0.2) is 5.78 Å². The number of ketones is 1. The summed E-state index contributed by atoms with van der Waals surface area (Å²) in [6, 6.07) is 0. The number of hydrogen-bond acceptors (Lipinski definition) is 3. The van der Waals surface area contributed by atoms with E-state index >= 15 is 0 Å². The Labute approximate surface area is 80.0 Å². The van der Waals surface area contributed by atoms with Crippen LogP contribution in [-0.4, -0.2) is 25.9 Å². The molecule has 0 aliphatic heterocycles. The Hall–Kier alpha value is -0.850. The van der Waals surface area contributed by atoms with Crippen LogP contribution >= 0.6 is 0 Å². The Morgan fingerprint density at radius 1 is 1.23 bits per heavy atom. The lowest BCUT2D eigenvalue weighted by molar-refractivity contribution is -0.112. The molecule has 0 aliphatic rings. The van der Waals surface area contributed by atoms with Crippen LogP contribution < -0.4 is 0 Å². The summed E-state index contributed by atoms with van der Waals surface area (Å²) in [5.41, 5.74) is 1.06. The number of carbonyl (C=O) groups is 2. The quantitative estimate of drug-likeness (QED) is 0.498. The third-order valence-corrected chi connectivity index (χ3v) is 0.492. The highest BCUT2D eigenvalue weighted by molar-refractivity contribution is 7.73. The first kappa shape index (κ1) is 18.0. The minimum Gasteiger partial charge on any atom is -0.307 e. The zero-order chi connectivity index (χ0) is 11.4. The smallest absolute Gasteiger partial charge is 0.299 e. The maximum Gasteiger partial charge on any atom is 0.299 e. The molecule has 0 heterocycles. The van der Waals surface area contributed by atoms with Crippen LogP contribution in [0.3, 0.4) is 0 Å². The van der Waals surface area contributed by atoms with Gasteiger partial charge in [0.1, 0.15) is 6.79 Å². The molecule has 0 saturated heterocycles.